The molecule has 0 aliphatic heterocycles. The number of anilines is 1. The lowest BCUT2D eigenvalue weighted by Crippen LogP contribution is -2.25. The van der Waals surface area contributed by atoms with E-state index in [-0.39, 0.29) is 6.10 Å². The van der Waals surface area contributed by atoms with Crippen molar-refractivity contribution in [1.29, 1.82) is 0 Å². The third-order valence-corrected chi connectivity index (χ3v) is 3.99. The number of nitrogen functional groups attached to an aromatic ring is 1. The van der Waals surface area contributed by atoms with Crippen LogP contribution in [-0.2, 0) is 7.05 Å². The predicted octanol–water partition coefficient (Wildman–Crippen LogP) is 3.26. The lowest BCUT2D eigenvalue weighted by Gasteiger charge is -2.28. The van der Waals surface area contributed by atoms with Crippen LogP contribution in [0, 0.1) is 0 Å². The molecule has 112 valence electrons. The van der Waals surface area contributed by atoms with Gasteiger partial charge in [-0.3, -0.25) is 4.68 Å². The summed E-state index contributed by atoms with van der Waals surface area (Å²) in [5.74, 6) is 1.89. The first-order chi connectivity index (χ1) is 10.1. The summed E-state index contributed by atoms with van der Waals surface area (Å²) in [5.41, 5.74) is 7.40. The first-order valence-corrected chi connectivity index (χ1v) is 7.30. The first-order valence-electron chi connectivity index (χ1n) is 6.92. The summed E-state index contributed by atoms with van der Waals surface area (Å²) in [4.78, 5) is 0. The Morgan fingerprint density at radius 2 is 2.10 bits per heavy atom. The second-order valence-corrected chi connectivity index (χ2v) is 5.67. The summed E-state index contributed by atoms with van der Waals surface area (Å²) < 4.78 is 13.1. The van der Waals surface area contributed by atoms with E-state index in [4.69, 9.17) is 26.8 Å². The monoisotopic (exact) mass is 307 g/mol. The van der Waals surface area contributed by atoms with Crippen molar-refractivity contribution in [1.82, 2.24) is 9.78 Å². The molecule has 1 aromatic carbocycles. The average molecular weight is 308 g/mol. The zero-order valence-corrected chi connectivity index (χ0v) is 12.9. The van der Waals surface area contributed by atoms with Crippen LogP contribution in [-0.4, -0.2) is 23.0 Å². The number of halogens is 1. The van der Waals surface area contributed by atoms with Gasteiger partial charge in [-0.1, -0.05) is 11.6 Å². The summed E-state index contributed by atoms with van der Waals surface area (Å²) in [7, 11) is 3.41. The molecule has 2 aromatic rings. The normalized spacial score (nSPS) is 14.8. The van der Waals surface area contributed by atoms with Gasteiger partial charge in [0, 0.05) is 29.8 Å². The van der Waals surface area contributed by atoms with Crippen molar-refractivity contribution in [2.75, 3.05) is 12.8 Å². The zero-order valence-electron chi connectivity index (χ0n) is 12.1. The summed E-state index contributed by atoms with van der Waals surface area (Å²) in [6.07, 6.45) is 3.57. The Bertz CT molecular complexity index is 646. The van der Waals surface area contributed by atoms with Gasteiger partial charge in [0.1, 0.15) is 5.82 Å². The quantitative estimate of drug-likeness (QED) is 0.941. The molecule has 1 aliphatic carbocycles. The van der Waals surface area contributed by atoms with Crippen LogP contribution in [0.2, 0.25) is 5.02 Å². The first kappa shape index (κ1) is 14.1. The second kappa shape index (κ2) is 5.48. The molecule has 0 unspecified atom stereocenters. The highest BCUT2D eigenvalue weighted by molar-refractivity contribution is 6.31. The summed E-state index contributed by atoms with van der Waals surface area (Å²) in [6, 6.07) is 5.39. The minimum absolute atomic E-state index is 0.236. The molecule has 1 aliphatic rings. The van der Waals surface area contributed by atoms with Crippen LogP contribution in [0.1, 0.15) is 19.3 Å². The van der Waals surface area contributed by atoms with Crippen molar-refractivity contribution in [2.45, 2.75) is 25.4 Å². The maximum Gasteiger partial charge on any atom is 0.171 e. The molecule has 0 radical (unpaired) electrons. The Morgan fingerprint density at radius 3 is 2.62 bits per heavy atom. The van der Waals surface area contributed by atoms with Crippen molar-refractivity contribution in [3.05, 3.63) is 23.2 Å². The van der Waals surface area contributed by atoms with E-state index in [1.54, 1.807) is 31.0 Å². The van der Waals surface area contributed by atoms with Gasteiger partial charge in [0.2, 0.25) is 0 Å². The Hall–Kier alpha value is -1.88. The predicted molar refractivity (Wildman–Crippen MR) is 82.9 cm³/mol. The second-order valence-electron chi connectivity index (χ2n) is 5.23. The van der Waals surface area contributed by atoms with Crippen LogP contribution in [0.25, 0.3) is 11.3 Å². The van der Waals surface area contributed by atoms with Gasteiger partial charge in [0.05, 0.1) is 18.9 Å². The maximum atomic E-state index is 6.18. The zero-order chi connectivity index (χ0) is 15.0. The molecule has 6 heteroatoms. The lowest BCUT2D eigenvalue weighted by atomic mass is 9.96. The molecular weight excluding hydrogens is 290 g/mol. The van der Waals surface area contributed by atoms with E-state index in [0.29, 0.717) is 22.3 Å². The lowest BCUT2D eigenvalue weighted by molar-refractivity contribution is 0.117. The standard InChI is InChI=1S/C15H18ClN3O2/c1-19-14(17)8-12(18-19)11-6-9(16)7-13(20-2)15(11)21-10-4-3-5-10/h6-8,10H,3-5,17H2,1-2H3. The summed E-state index contributed by atoms with van der Waals surface area (Å²) in [5, 5.41) is 4.98. The highest BCUT2D eigenvalue weighted by atomic mass is 35.5. The fourth-order valence-corrected chi connectivity index (χ4v) is 2.51. The number of nitrogens with zero attached hydrogens (tertiary/aromatic N) is 2. The number of methoxy groups -OCH3 is 1. The van der Waals surface area contributed by atoms with Crippen LogP contribution >= 0.6 is 11.6 Å². The molecule has 0 amide bonds. The molecule has 0 atom stereocenters. The Balaban J connectivity index is 2.09. The molecule has 3 rings (SSSR count). The number of nitrogens with two attached hydrogens (primary N) is 1. The Kier molecular flexibility index (Phi) is 3.68. The highest BCUT2D eigenvalue weighted by Crippen LogP contribution is 2.42. The number of aromatic nitrogens is 2. The third kappa shape index (κ3) is 2.65. The van der Waals surface area contributed by atoms with Crippen LogP contribution < -0.4 is 15.2 Å². The number of hydrogen-bond acceptors (Lipinski definition) is 4. The number of aryl methyl sites for hydroxylation is 1. The van der Waals surface area contributed by atoms with E-state index < -0.39 is 0 Å². The van der Waals surface area contributed by atoms with Gasteiger partial charge in [-0.2, -0.15) is 5.10 Å². The molecule has 1 saturated carbocycles. The maximum absolute atomic E-state index is 6.18. The summed E-state index contributed by atoms with van der Waals surface area (Å²) >= 11 is 6.18. The highest BCUT2D eigenvalue weighted by Gasteiger charge is 2.24. The number of hydrogen-bond donors (Lipinski definition) is 1. The minimum Gasteiger partial charge on any atom is -0.493 e. The number of benzene rings is 1. The van der Waals surface area contributed by atoms with Crippen molar-refractivity contribution < 1.29 is 9.47 Å². The molecule has 1 heterocycles. The van der Waals surface area contributed by atoms with E-state index in [9.17, 15) is 0 Å². The smallest absolute Gasteiger partial charge is 0.171 e. The van der Waals surface area contributed by atoms with Gasteiger partial charge in [-0.25, -0.2) is 0 Å². The molecule has 0 saturated heterocycles. The van der Waals surface area contributed by atoms with Crippen molar-refractivity contribution in [3.8, 4) is 22.8 Å². The molecule has 0 bridgehead atoms. The Morgan fingerprint density at radius 1 is 1.33 bits per heavy atom. The van der Waals surface area contributed by atoms with Gasteiger partial charge in [0.25, 0.3) is 0 Å². The largest absolute Gasteiger partial charge is 0.493 e. The average Bonchev–Trinajstić information content (AvgIpc) is 2.74. The summed E-state index contributed by atoms with van der Waals surface area (Å²) in [6.45, 7) is 0. The molecule has 21 heavy (non-hydrogen) atoms. The van der Waals surface area contributed by atoms with Crippen LogP contribution in [0.4, 0.5) is 5.82 Å². The Labute approximate surface area is 128 Å². The van der Waals surface area contributed by atoms with Gasteiger partial charge >= 0.3 is 0 Å². The number of rotatable bonds is 4. The molecule has 0 spiro atoms. The fraction of sp³-hybridized carbons (Fsp3) is 0.400. The fourth-order valence-electron chi connectivity index (χ4n) is 2.30. The molecule has 1 fully saturated rings. The van der Waals surface area contributed by atoms with Crippen molar-refractivity contribution >= 4 is 17.4 Å². The van der Waals surface area contributed by atoms with E-state index in [1.165, 1.54) is 6.42 Å². The molecule has 1 aromatic heterocycles. The van der Waals surface area contributed by atoms with E-state index in [2.05, 4.69) is 5.10 Å². The number of ether oxygens (including phenoxy) is 2. The topological polar surface area (TPSA) is 62.3 Å². The minimum atomic E-state index is 0.236. The van der Waals surface area contributed by atoms with E-state index in [0.717, 1.165) is 24.1 Å². The van der Waals surface area contributed by atoms with Gasteiger partial charge in [0.15, 0.2) is 11.5 Å². The third-order valence-electron chi connectivity index (χ3n) is 3.77. The van der Waals surface area contributed by atoms with Gasteiger partial charge < -0.3 is 15.2 Å². The molecule has 2 N–H and O–H groups in total. The van der Waals surface area contributed by atoms with Gasteiger partial charge in [-0.15, -0.1) is 0 Å². The van der Waals surface area contributed by atoms with Crippen LogP contribution in [0.5, 0.6) is 11.5 Å². The van der Waals surface area contributed by atoms with Crippen molar-refractivity contribution in [3.63, 3.8) is 0 Å². The van der Waals surface area contributed by atoms with Crippen molar-refractivity contribution in [2.24, 2.45) is 7.05 Å². The van der Waals surface area contributed by atoms with Crippen LogP contribution in [0.3, 0.4) is 0 Å². The van der Waals surface area contributed by atoms with Gasteiger partial charge in [-0.05, 0) is 25.3 Å². The van der Waals surface area contributed by atoms with Crippen LogP contribution in [0.15, 0.2) is 18.2 Å². The molecule has 5 nitrogen and oxygen atoms in total. The SMILES string of the molecule is COc1cc(Cl)cc(-c2cc(N)n(C)n2)c1OC1CCC1. The van der Waals surface area contributed by atoms with E-state index >= 15 is 0 Å². The molecular formula is C15H18ClN3O2. The van der Waals surface area contributed by atoms with E-state index in [1.807, 2.05) is 6.07 Å².